The molecule has 2 N–H and O–H groups in total. The maximum atomic E-state index is 8.68. The van der Waals surface area contributed by atoms with Crippen molar-refractivity contribution in [3.05, 3.63) is 0 Å². The van der Waals surface area contributed by atoms with E-state index in [1.807, 2.05) is 19.9 Å². The van der Waals surface area contributed by atoms with Gasteiger partial charge >= 0.3 is 0 Å². The first-order valence-electron chi connectivity index (χ1n) is 3.43. The van der Waals surface area contributed by atoms with Crippen LogP contribution >= 0.6 is 0 Å². The molecule has 0 heterocycles. The van der Waals surface area contributed by atoms with Gasteiger partial charge in [0.15, 0.2) is 0 Å². The van der Waals surface area contributed by atoms with Crippen LogP contribution in [-0.2, 0) is 0 Å². The number of aliphatic hydroxyl groups is 1. The van der Waals surface area contributed by atoms with Crippen LogP contribution in [0, 0.1) is 17.2 Å². The van der Waals surface area contributed by atoms with E-state index in [2.05, 4.69) is 5.32 Å². The Kier molecular flexibility index (Phi) is 4.91. The van der Waals surface area contributed by atoms with Crippen LogP contribution in [0.3, 0.4) is 0 Å². The maximum Gasteiger partial charge on any atom is 0.0843 e. The Labute approximate surface area is 61.7 Å². The van der Waals surface area contributed by atoms with Crippen LogP contribution in [0.4, 0.5) is 0 Å². The average Bonchev–Trinajstić information content (AvgIpc) is 1.98. The van der Waals surface area contributed by atoms with Gasteiger partial charge in [-0.3, -0.25) is 0 Å². The van der Waals surface area contributed by atoms with Gasteiger partial charge in [0.1, 0.15) is 0 Å². The van der Waals surface area contributed by atoms with Crippen molar-refractivity contribution in [3.8, 4) is 6.07 Å². The number of hydrogen-bond donors (Lipinski definition) is 2. The van der Waals surface area contributed by atoms with Crippen LogP contribution in [0.25, 0.3) is 0 Å². The van der Waals surface area contributed by atoms with Crippen molar-refractivity contribution in [3.63, 3.8) is 0 Å². The van der Waals surface area contributed by atoms with E-state index in [-0.39, 0.29) is 18.6 Å². The first-order chi connectivity index (χ1) is 4.72. The zero-order chi connectivity index (χ0) is 7.98. The molecule has 0 aliphatic rings. The van der Waals surface area contributed by atoms with Gasteiger partial charge in [-0.2, -0.15) is 5.26 Å². The van der Waals surface area contributed by atoms with Gasteiger partial charge in [-0.25, -0.2) is 0 Å². The molecular weight excluding hydrogens is 128 g/mol. The molecular formula is C7H14N2O. The van der Waals surface area contributed by atoms with Gasteiger partial charge in [0, 0.05) is 12.6 Å². The average molecular weight is 142 g/mol. The quantitative estimate of drug-likeness (QED) is 0.548. The smallest absolute Gasteiger partial charge is 0.0843 e. The molecule has 2 unspecified atom stereocenters. The van der Waals surface area contributed by atoms with Crippen molar-refractivity contribution in [1.82, 2.24) is 5.32 Å². The molecule has 0 rings (SSSR count). The molecule has 3 nitrogen and oxygen atoms in total. The lowest BCUT2D eigenvalue weighted by Crippen LogP contribution is -2.33. The second kappa shape index (κ2) is 5.21. The van der Waals surface area contributed by atoms with Crippen LogP contribution in [0.15, 0.2) is 0 Å². The second-order valence-corrected chi connectivity index (χ2v) is 2.49. The fraction of sp³-hybridized carbons (Fsp3) is 0.857. The third kappa shape index (κ3) is 3.44. The number of nitrogens with one attached hydrogen (secondary N) is 1. The summed E-state index contributed by atoms with van der Waals surface area (Å²) in [6.07, 6.45) is 0. The summed E-state index contributed by atoms with van der Waals surface area (Å²) in [6.45, 7) is 4.42. The fourth-order valence-electron chi connectivity index (χ4n) is 0.566. The monoisotopic (exact) mass is 142 g/mol. The van der Waals surface area contributed by atoms with Gasteiger partial charge < -0.3 is 10.4 Å². The van der Waals surface area contributed by atoms with Crippen LogP contribution in [0.5, 0.6) is 0 Å². The van der Waals surface area contributed by atoms with Crippen molar-refractivity contribution >= 4 is 0 Å². The van der Waals surface area contributed by atoms with E-state index in [9.17, 15) is 0 Å². The van der Waals surface area contributed by atoms with Crippen LogP contribution in [-0.4, -0.2) is 24.3 Å². The lowest BCUT2D eigenvalue weighted by atomic mass is 10.1. The van der Waals surface area contributed by atoms with Crippen molar-refractivity contribution in [2.24, 2.45) is 5.92 Å². The number of hydrogen-bond acceptors (Lipinski definition) is 3. The van der Waals surface area contributed by atoms with Gasteiger partial charge in [-0.15, -0.1) is 0 Å². The highest BCUT2D eigenvalue weighted by Crippen LogP contribution is 1.98. The molecule has 0 saturated carbocycles. The summed E-state index contributed by atoms with van der Waals surface area (Å²) in [5.74, 6) is 0.216. The summed E-state index contributed by atoms with van der Waals surface area (Å²) in [5.41, 5.74) is 0. The lowest BCUT2D eigenvalue weighted by Gasteiger charge is -2.16. The summed E-state index contributed by atoms with van der Waals surface area (Å²) in [5, 5.41) is 19.8. The number of nitriles is 1. The third-order valence-corrected chi connectivity index (χ3v) is 1.64. The molecule has 0 amide bonds. The van der Waals surface area contributed by atoms with Gasteiger partial charge in [-0.05, 0) is 12.8 Å². The minimum Gasteiger partial charge on any atom is -0.396 e. The zero-order valence-corrected chi connectivity index (χ0v) is 6.46. The number of rotatable bonds is 4. The van der Waals surface area contributed by atoms with Crippen LogP contribution in [0.2, 0.25) is 0 Å². The Morgan fingerprint density at radius 3 is 2.60 bits per heavy atom. The summed E-state index contributed by atoms with van der Waals surface area (Å²) >= 11 is 0. The standard InChI is InChI=1S/C7H14N2O/c1-6(5-10)7(2)9-4-3-8/h6-7,9-10H,4-5H2,1-2H3. The van der Waals surface area contributed by atoms with Crippen molar-refractivity contribution < 1.29 is 5.11 Å². The van der Waals surface area contributed by atoms with E-state index in [0.29, 0.717) is 6.54 Å². The van der Waals surface area contributed by atoms with E-state index >= 15 is 0 Å². The summed E-state index contributed by atoms with van der Waals surface area (Å²) < 4.78 is 0. The Morgan fingerprint density at radius 2 is 2.20 bits per heavy atom. The van der Waals surface area contributed by atoms with Crippen LogP contribution in [0.1, 0.15) is 13.8 Å². The van der Waals surface area contributed by atoms with E-state index in [1.54, 1.807) is 0 Å². The fourth-order valence-corrected chi connectivity index (χ4v) is 0.566. The molecule has 0 aliphatic carbocycles. The molecule has 0 bridgehead atoms. The summed E-state index contributed by atoms with van der Waals surface area (Å²) in [7, 11) is 0. The van der Waals surface area contributed by atoms with Gasteiger partial charge in [-0.1, -0.05) is 6.92 Å². The lowest BCUT2D eigenvalue weighted by molar-refractivity contribution is 0.209. The molecule has 0 aromatic rings. The molecule has 0 aliphatic heterocycles. The molecule has 10 heavy (non-hydrogen) atoms. The van der Waals surface area contributed by atoms with Crippen molar-refractivity contribution in [2.45, 2.75) is 19.9 Å². The minimum absolute atomic E-state index is 0.166. The molecule has 0 aromatic heterocycles. The normalized spacial score (nSPS) is 15.8. The third-order valence-electron chi connectivity index (χ3n) is 1.64. The van der Waals surface area contributed by atoms with Gasteiger partial charge in [0.25, 0.3) is 0 Å². The Hall–Kier alpha value is -0.590. The predicted octanol–water partition coefficient (Wildman–Crippen LogP) is 0.116. The van der Waals surface area contributed by atoms with Gasteiger partial charge in [0.2, 0.25) is 0 Å². The Bertz CT molecular complexity index is 119. The van der Waals surface area contributed by atoms with Crippen LogP contribution < -0.4 is 5.32 Å². The highest BCUT2D eigenvalue weighted by Gasteiger charge is 2.08. The van der Waals surface area contributed by atoms with E-state index in [4.69, 9.17) is 10.4 Å². The second-order valence-electron chi connectivity index (χ2n) is 2.49. The van der Waals surface area contributed by atoms with E-state index < -0.39 is 0 Å². The van der Waals surface area contributed by atoms with E-state index in [0.717, 1.165) is 0 Å². The molecule has 0 aromatic carbocycles. The van der Waals surface area contributed by atoms with Crippen molar-refractivity contribution in [2.75, 3.05) is 13.2 Å². The Morgan fingerprint density at radius 1 is 1.60 bits per heavy atom. The molecule has 0 saturated heterocycles. The largest absolute Gasteiger partial charge is 0.396 e. The zero-order valence-electron chi connectivity index (χ0n) is 6.46. The van der Waals surface area contributed by atoms with Crippen molar-refractivity contribution in [1.29, 1.82) is 5.26 Å². The molecule has 0 fully saturated rings. The number of nitrogens with zero attached hydrogens (tertiary/aromatic N) is 1. The Balaban J connectivity index is 3.43. The highest BCUT2D eigenvalue weighted by atomic mass is 16.3. The highest BCUT2D eigenvalue weighted by molar-refractivity contribution is 4.77. The molecule has 0 spiro atoms. The SMILES string of the molecule is CC(CO)C(C)NCC#N. The maximum absolute atomic E-state index is 8.68. The summed E-state index contributed by atoms with van der Waals surface area (Å²) in [4.78, 5) is 0. The molecule has 2 atom stereocenters. The first-order valence-corrected chi connectivity index (χ1v) is 3.43. The van der Waals surface area contributed by atoms with Gasteiger partial charge in [0.05, 0.1) is 12.6 Å². The van der Waals surface area contributed by atoms with E-state index in [1.165, 1.54) is 0 Å². The molecule has 3 heteroatoms. The topological polar surface area (TPSA) is 56.0 Å². The predicted molar refractivity (Wildman–Crippen MR) is 39.3 cm³/mol. The molecule has 0 radical (unpaired) electrons. The summed E-state index contributed by atoms with van der Waals surface area (Å²) in [6, 6.07) is 2.20. The first kappa shape index (κ1) is 9.41. The minimum atomic E-state index is 0.166. The number of aliphatic hydroxyl groups excluding tert-OH is 1. The molecule has 58 valence electrons.